The van der Waals surface area contributed by atoms with E-state index in [1.807, 2.05) is 12.1 Å². The monoisotopic (exact) mass is 323 g/mol. The van der Waals surface area contributed by atoms with Crippen molar-refractivity contribution in [2.24, 2.45) is 0 Å². The number of nitrogens with one attached hydrogen (secondary N) is 1. The van der Waals surface area contributed by atoms with E-state index in [1.54, 1.807) is 0 Å². The number of rotatable bonds is 2. The Morgan fingerprint density at radius 2 is 1.71 bits per heavy atom. The van der Waals surface area contributed by atoms with Crippen LogP contribution < -0.4 is 14.8 Å². The molecule has 2 aliphatic heterocycles. The van der Waals surface area contributed by atoms with Gasteiger partial charge in [-0.2, -0.15) is 0 Å². The van der Waals surface area contributed by atoms with E-state index in [1.165, 1.54) is 5.56 Å². The quantitative estimate of drug-likeness (QED) is 0.907. The zero-order chi connectivity index (χ0) is 16.7. The van der Waals surface area contributed by atoms with Gasteiger partial charge in [-0.3, -0.25) is 4.79 Å². The van der Waals surface area contributed by atoms with E-state index >= 15 is 0 Å². The van der Waals surface area contributed by atoms with Crippen LogP contribution in [0.1, 0.15) is 48.8 Å². The summed E-state index contributed by atoms with van der Waals surface area (Å²) >= 11 is 0. The highest BCUT2D eigenvalue weighted by atomic mass is 16.6. The van der Waals surface area contributed by atoms with Crippen LogP contribution in [-0.4, -0.2) is 19.1 Å². The molecular weight excluding hydrogens is 302 g/mol. The third-order valence-corrected chi connectivity index (χ3v) is 4.76. The van der Waals surface area contributed by atoms with E-state index in [0.717, 1.165) is 22.6 Å². The zero-order valence-electron chi connectivity index (χ0n) is 14.0. The largest absolute Gasteiger partial charge is 0.486 e. The number of carbonyl (C=O) groups excluding carboxylic acids is 1. The molecule has 2 aliphatic rings. The fourth-order valence-corrected chi connectivity index (χ4v) is 3.41. The number of fused-ring (bicyclic) bond motifs is 2. The van der Waals surface area contributed by atoms with Crippen LogP contribution in [0.15, 0.2) is 36.4 Å². The van der Waals surface area contributed by atoms with Crippen LogP contribution in [0.4, 0.5) is 5.69 Å². The molecule has 4 rings (SSSR count). The minimum Gasteiger partial charge on any atom is -0.486 e. The number of carbonyl (C=O) groups is 1. The predicted octanol–water partition coefficient (Wildman–Crippen LogP) is 4.06. The molecule has 0 saturated carbocycles. The van der Waals surface area contributed by atoms with Gasteiger partial charge < -0.3 is 14.8 Å². The van der Waals surface area contributed by atoms with Crippen molar-refractivity contribution < 1.29 is 14.3 Å². The first-order valence-corrected chi connectivity index (χ1v) is 8.45. The maximum Gasteiger partial charge on any atom is 0.225 e. The molecular formula is C20H21NO3. The molecule has 0 fully saturated rings. The Hall–Kier alpha value is -2.49. The van der Waals surface area contributed by atoms with Gasteiger partial charge in [0.15, 0.2) is 11.5 Å². The van der Waals surface area contributed by atoms with Crippen molar-refractivity contribution >= 4 is 11.6 Å². The molecule has 0 unspecified atom stereocenters. The van der Waals surface area contributed by atoms with E-state index in [0.29, 0.717) is 31.3 Å². The second-order valence-electron chi connectivity index (χ2n) is 6.71. The average Bonchev–Trinajstić information content (AvgIpc) is 2.59. The average molecular weight is 323 g/mol. The molecule has 0 saturated heterocycles. The molecule has 2 aromatic rings. The Labute approximate surface area is 141 Å². The lowest BCUT2D eigenvalue weighted by atomic mass is 9.84. The lowest BCUT2D eigenvalue weighted by molar-refractivity contribution is -0.116. The van der Waals surface area contributed by atoms with Crippen molar-refractivity contribution in [3.05, 3.63) is 53.1 Å². The fourth-order valence-electron chi connectivity index (χ4n) is 3.41. The van der Waals surface area contributed by atoms with E-state index in [4.69, 9.17) is 9.47 Å². The molecule has 1 atom stereocenters. The molecule has 0 spiro atoms. The van der Waals surface area contributed by atoms with Gasteiger partial charge in [-0.25, -0.2) is 0 Å². The number of hydrogen-bond acceptors (Lipinski definition) is 3. The summed E-state index contributed by atoms with van der Waals surface area (Å²) in [5.41, 5.74) is 4.39. The van der Waals surface area contributed by atoms with Gasteiger partial charge in [0.2, 0.25) is 5.91 Å². The van der Waals surface area contributed by atoms with Crippen molar-refractivity contribution in [1.29, 1.82) is 0 Å². The summed E-state index contributed by atoms with van der Waals surface area (Å²) in [6.45, 7) is 5.47. The topological polar surface area (TPSA) is 47.6 Å². The summed E-state index contributed by atoms with van der Waals surface area (Å²) in [5, 5.41) is 2.96. The highest BCUT2D eigenvalue weighted by Crippen LogP contribution is 2.44. The molecule has 124 valence electrons. The van der Waals surface area contributed by atoms with Crippen LogP contribution in [0.25, 0.3) is 0 Å². The van der Waals surface area contributed by atoms with Gasteiger partial charge in [0.1, 0.15) is 13.2 Å². The van der Waals surface area contributed by atoms with Gasteiger partial charge in [-0.1, -0.05) is 38.1 Å². The predicted molar refractivity (Wildman–Crippen MR) is 93.1 cm³/mol. The van der Waals surface area contributed by atoms with Gasteiger partial charge in [0.25, 0.3) is 0 Å². The number of amides is 1. The summed E-state index contributed by atoms with van der Waals surface area (Å²) in [7, 11) is 0. The van der Waals surface area contributed by atoms with Crippen LogP contribution in [0.3, 0.4) is 0 Å². The minimum absolute atomic E-state index is 0.0390. The molecule has 0 bridgehead atoms. The molecule has 4 nitrogen and oxygen atoms in total. The van der Waals surface area contributed by atoms with Crippen molar-refractivity contribution in [1.82, 2.24) is 0 Å². The zero-order valence-corrected chi connectivity index (χ0v) is 14.0. The molecule has 24 heavy (non-hydrogen) atoms. The second-order valence-corrected chi connectivity index (χ2v) is 6.71. The number of ether oxygens (including phenoxy) is 2. The highest BCUT2D eigenvalue weighted by molar-refractivity contribution is 5.96. The Balaban J connectivity index is 1.76. The second kappa shape index (κ2) is 5.86. The first kappa shape index (κ1) is 15.1. The van der Waals surface area contributed by atoms with E-state index in [-0.39, 0.29) is 11.8 Å². The Kier molecular flexibility index (Phi) is 3.68. The molecule has 0 aromatic heterocycles. The normalized spacial score (nSPS) is 19.0. The molecule has 0 aliphatic carbocycles. The third-order valence-electron chi connectivity index (χ3n) is 4.76. The summed E-state index contributed by atoms with van der Waals surface area (Å²) in [6.07, 6.45) is 0.452. The summed E-state index contributed by atoms with van der Waals surface area (Å²) in [4.78, 5) is 12.2. The maximum atomic E-state index is 12.2. The van der Waals surface area contributed by atoms with Crippen LogP contribution >= 0.6 is 0 Å². The maximum absolute atomic E-state index is 12.2. The van der Waals surface area contributed by atoms with Crippen molar-refractivity contribution in [3.8, 4) is 11.5 Å². The van der Waals surface area contributed by atoms with Crippen molar-refractivity contribution in [3.63, 3.8) is 0 Å². The van der Waals surface area contributed by atoms with E-state index < -0.39 is 0 Å². The van der Waals surface area contributed by atoms with Gasteiger partial charge in [-0.15, -0.1) is 0 Å². The van der Waals surface area contributed by atoms with Gasteiger partial charge >= 0.3 is 0 Å². The van der Waals surface area contributed by atoms with Crippen LogP contribution in [-0.2, 0) is 4.79 Å². The standard InChI is InChI=1S/C20H21NO3/c1-12(2)13-3-5-14(6-4-13)15-10-20(22)21-17-11-19-18(9-16(15)17)23-7-8-24-19/h3-6,9,11-12,15H,7-8,10H2,1-2H3,(H,21,22)/t15-/m1/s1. The molecule has 2 aromatic carbocycles. The fraction of sp³-hybridized carbons (Fsp3) is 0.350. The van der Waals surface area contributed by atoms with Crippen LogP contribution in [0, 0.1) is 0 Å². The first-order chi connectivity index (χ1) is 11.6. The van der Waals surface area contributed by atoms with Gasteiger partial charge in [0, 0.05) is 24.1 Å². The first-order valence-electron chi connectivity index (χ1n) is 8.45. The number of benzene rings is 2. The van der Waals surface area contributed by atoms with Gasteiger partial charge in [0.05, 0.1) is 0 Å². The van der Waals surface area contributed by atoms with Gasteiger partial charge in [-0.05, 0) is 28.7 Å². The minimum atomic E-state index is 0.0390. The highest BCUT2D eigenvalue weighted by Gasteiger charge is 2.29. The summed E-state index contributed by atoms with van der Waals surface area (Å²) in [6, 6.07) is 12.5. The molecule has 4 heteroatoms. The van der Waals surface area contributed by atoms with Crippen LogP contribution in [0.5, 0.6) is 11.5 Å². The van der Waals surface area contributed by atoms with Crippen molar-refractivity contribution in [2.75, 3.05) is 18.5 Å². The number of hydrogen-bond donors (Lipinski definition) is 1. The lowest BCUT2D eigenvalue weighted by Crippen LogP contribution is -2.24. The van der Waals surface area contributed by atoms with Crippen molar-refractivity contribution in [2.45, 2.75) is 32.1 Å². The third kappa shape index (κ3) is 2.62. The Morgan fingerprint density at radius 3 is 2.38 bits per heavy atom. The summed E-state index contributed by atoms with van der Waals surface area (Å²) < 4.78 is 11.3. The van der Waals surface area contributed by atoms with E-state index in [2.05, 4.69) is 43.4 Å². The van der Waals surface area contributed by atoms with Crippen LogP contribution in [0.2, 0.25) is 0 Å². The van der Waals surface area contributed by atoms with E-state index in [9.17, 15) is 4.79 Å². The molecule has 1 N–H and O–H groups in total. The summed E-state index contributed by atoms with van der Waals surface area (Å²) in [5.74, 6) is 2.05. The molecule has 1 amide bonds. The molecule has 0 radical (unpaired) electrons. The number of anilines is 1. The Morgan fingerprint density at radius 1 is 1.04 bits per heavy atom. The smallest absolute Gasteiger partial charge is 0.225 e. The molecule has 2 heterocycles. The SMILES string of the molecule is CC(C)c1ccc([C@H]2CC(=O)Nc3cc4c(cc32)OCCO4)cc1. The lowest BCUT2D eigenvalue weighted by Gasteiger charge is -2.29. The Bertz CT molecular complexity index is 780.